The quantitative estimate of drug-likeness (QED) is 0.512. The number of nitrogens with one attached hydrogen (secondary N) is 2. The fourth-order valence-electron chi connectivity index (χ4n) is 3.04. The Kier molecular flexibility index (Phi) is 5.58. The lowest BCUT2D eigenvalue weighted by molar-refractivity contribution is 0.251. The molecule has 0 aliphatic heterocycles. The number of fused-ring (bicyclic) bond motifs is 1. The van der Waals surface area contributed by atoms with Crippen LogP contribution in [0.1, 0.15) is 23.7 Å². The number of benzene rings is 2. The minimum atomic E-state index is -0.355. The van der Waals surface area contributed by atoms with Gasteiger partial charge in [-0.15, -0.1) is 0 Å². The standard InChI is InChI=1S/C22H21N5O2S/c1-3-15-8-10-16(11-9-15)24-21(29)23-13-17-12-19(28)27-22(25-17)30-20(26-27)18-7-5-4-6-14(18)2/h4-12H,3,13H2,1-2H3,(H2,23,24,29). The molecule has 2 N–H and O–H groups in total. The molecule has 7 nitrogen and oxygen atoms in total. The highest BCUT2D eigenvalue weighted by Gasteiger charge is 2.12. The highest BCUT2D eigenvalue weighted by molar-refractivity contribution is 7.19. The Bertz CT molecular complexity index is 1260. The van der Waals surface area contributed by atoms with E-state index in [0.717, 1.165) is 22.6 Å². The maximum Gasteiger partial charge on any atom is 0.319 e. The van der Waals surface area contributed by atoms with Crippen molar-refractivity contribution in [1.29, 1.82) is 0 Å². The van der Waals surface area contributed by atoms with E-state index in [1.807, 2.05) is 55.5 Å². The van der Waals surface area contributed by atoms with Crippen LogP contribution in [0.25, 0.3) is 15.5 Å². The maximum absolute atomic E-state index is 12.5. The van der Waals surface area contributed by atoms with Crippen molar-refractivity contribution in [2.24, 2.45) is 0 Å². The molecule has 0 atom stereocenters. The minimum Gasteiger partial charge on any atom is -0.332 e. The fourth-order valence-corrected chi connectivity index (χ4v) is 4.05. The smallest absolute Gasteiger partial charge is 0.319 e. The number of hydrogen-bond acceptors (Lipinski definition) is 5. The van der Waals surface area contributed by atoms with Gasteiger partial charge in [-0.1, -0.05) is 54.7 Å². The van der Waals surface area contributed by atoms with Crippen LogP contribution >= 0.6 is 11.3 Å². The molecule has 152 valence electrons. The van der Waals surface area contributed by atoms with E-state index in [-0.39, 0.29) is 18.1 Å². The van der Waals surface area contributed by atoms with Crippen molar-refractivity contribution in [1.82, 2.24) is 19.9 Å². The van der Waals surface area contributed by atoms with Crippen LogP contribution in [0.2, 0.25) is 0 Å². The van der Waals surface area contributed by atoms with Gasteiger partial charge in [0.1, 0.15) is 5.01 Å². The number of hydrogen-bond donors (Lipinski definition) is 2. The first-order chi connectivity index (χ1) is 14.5. The number of nitrogens with zero attached hydrogens (tertiary/aromatic N) is 3. The predicted octanol–water partition coefficient (Wildman–Crippen LogP) is 4.01. The first-order valence-electron chi connectivity index (χ1n) is 9.63. The third kappa shape index (κ3) is 4.23. The number of carbonyl (C=O) groups is 1. The Morgan fingerprint density at radius 3 is 2.63 bits per heavy atom. The summed E-state index contributed by atoms with van der Waals surface area (Å²) in [6.45, 7) is 4.22. The normalized spacial score (nSPS) is 10.9. The van der Waals surface area contributed by atoms with Gasteiger partial charge in [0.05, 0.1) is 12.2 Å². The molecule has 0 unspecified atom stereocenters. The van der Waals surface area contributed by atoms with Gasteiger partial charge in [0.15, 0.2) is 0 Å². The van der Waals surface area contributed by atoms with E-state index in [2.05, 4.69) is 27.6 Å². The second kappa shape index (κ2) is 8.46. The lowest BCUT2D eigenvalue weighted by Crippen LogP contribution is -2.29. The molecule has 0 aliphatic rings. The summed E-state index contributed by atoms with van der Waals surface area (Å²) in [6, 6.07) is 16.6. The second-order valence-corrected chi connectivity index (χ2v) is 7.82. The Hall–Kier alpha value is -3.52. The number of anilines is 1. The summed E-state index contributed by atoms with van der Waals surface area (Å²) in [6.07, 6.45) is 0.944. The molecule has 0 bridgehead atoms. The number of aromatic nitrogens is 3. The van der Waals surface area contributed by atoms with E-state index in [1.54, 1.807) is 0 Å². The molecule has 0 saturated heterocycles. The van der Waals surface area contributed by atoms with Crippen LogP contribution in [0.4, 0.5) is 10.5 Å². The number of urea groups is 1. The van der Waals surface area contributed by atoms with E-state index in [4.69, 9.17) is 0 Å². The molecule has 2 amide bonds. The van der Waals surface area contributed by atoms with Crippen molar-refractivity contribution in [3.8, 4) is 10.6 Å². The van der Waals surface area contributed by atoms with Crippen LogP contribution in [0.15, 0.2) is 59.4 Å². The van der Waals surface area contributed by atoms with Gasteiger partial charge < -0.3 is 10.6 Å². The third-order valence-corrected chi connectivity index (χ3v) is 5.67. The van der Waals surface area contributed by atoms with E-state index < -0.39 is 0 Å². The van der Waals surface area contributed by atoms with Crippen molar-refractivity contribution >= 4 is 28.0 Å². The minimum absolute atomic E-state index is 0.141. The Morgan fingerprint density at radius 2 is 1.90 bits per heavy atom. The lowest BCUT2D eigenvalue weighted by atomic mass is 10.1. The molecule has 0 saturated carbocycles. The van der Waals surface area contributed by atoms with E-state index in [9.17, 15) is 9.59 Å². The summed E-state index contributed by atoms with van der Waals surface area (Å²) in [5.74, 6) is 0. The zero-order valence-electron chi connectivity index (χ0n) is 16.7. The van der Waals surface area contributed by atoms with Crippen LogP contribution in [-0.2, 0) is 13.0 Å². The van der Waals surface area contributed by atoms with Crippen LogP contribution in [0.3, 0.4) is 0 Å². The summed E-state index contributed by atoms with van der Waals surface area (Å²) in [7, 11) is 0. The largest absolute Gasteiger partial charge is 0.332 e. The molecule has 8 heteroatoms. The van der Waals surface area contributed by atoms with Gasteiger partial charge in [0.2, 0.25) is 4.96 Å². The molecular formula is C22H21N5O2S. The van der Waals surface area contributed by atoms with Crippen molar-refractivity contribution < 1.29 is 4.79 Å². The third-order valence-electron chi connectivity index (χ3n) is 4.72. The second-order valence-electron chi connectivity index (χ2n) is 6.86. The Balaban J connectivity index is 1.48. The van der Waals surface area contributed by atoms with E-state index >= 15 is 0 Å². The lowest BCUT2D eigenvalue weighted by Gasteiger charge is -2.08. The van der Waals surface area contributed by atoms with Crippen molar-refractivity contribution in [3.05, 3.63) is 81.8 Å². The van der Waals surface area contributed by atoms with Crippen molar-refractivity contribution in [2.45, 2.75) is 26.8 Å². The number of amides is 2. The first-order valence-corrected chi connectivity index (χ1v) is 10.4. The van der Waals surface area contributed by atoms with Gasteiger partial charge in [-0.05, 0) is 36.6 Å². The fraction of sp³-hybridized carbons (Fsp3) is 0.182. The Labute approximate surface area is 177 Å². The van der Waals surface area contributed by atoms with Crippen LogP contribution in [-0.4, -0.2) is 20.6 Å². The predicted molar refractivity (Wildman–Crippen MR) is 119 cm³/mol. The highest BCUT2D eigenvalue weighted by atomic mass is 32.1. The van der Waals surface area contributed by atoms with Crippen molar-refractivity contribution in [2.75, 3.05) is 5.32 Å². The summed E-state index contributed by atoms with van der Waals surface area (Å²) >= 11 is 1.35. The van der Waals surface area contributed by atoms with E-state index in [0.29, 0.717) is 16.3 Å². The van der Waals surface area contributed by atoms with Gasteiger partial charge in [-0.2, -0.15) is 9.61 Å². The zero-order valence-corrected chi connectivity index (χ0v) is 17.5. The molecule has 2 aromatic heterocycles. The number of carbonyl (C=O) groups excluding carboxylic acids is 1. The van der Waals surface area contributed by atoms with Gasteiger partial charge in [-0.25, -0.2) is 9.78 Å². The molecule has 0 spiro atoms. The molecule has 0 radical (unpaired) electrons. The molecule has 2 heterocycles. The molecule has 30 heavy (non-hydrogen) atoms. The summed E-state index contributed by atoms with van der Waals surface area (Å²) in [5, 5.41) is 10.7. The van der Waals surface area contributed by atoms with Gasteiger partial charge >= 0.3 is 6.03 Å². The van der Waals surface area contributed by atoms with Crippen LogP contribution in [0, 0.1) is 6.92 Å². The maximum atomic E-state index is 12.5. The van der Waals surface area contributed by atoms with Gasteiger partial charge in [0.25, 0.3) is 5.56 Å². The molecule has 4 aromatic rings. The first kappa shape index (κ1) is 19.8. The zero-order chi connectivity index (χ0) is 21.1. The number of aryl methyl sites for hydroxylation is 2. The summed E-state index contributed by atoms with van der Waals surface area (Å²) < 4.78 is 1.30. The highest BCUT2D eigenvalue weighted by Crippen LogP contribution is 2.26. The van der Waals surface area contributed by atoms with Crippen LogP contribution in [0.5, 0.6) is 0 Å². The average Bonchev–Trinajstić information content (AvgIpc) is 3.18. The Morgan fingerprint density at radius 1 is 1.13 bits per heavy atom. The van der Waals surface area contributed by atoms with Crippen LogP contribution < -0.4 is 16.2 Å². The van der Waals surface area contributed by atoms with E-state index in [1.165, 1.54) is 27.5 Å². The van der Waals surface area contributed by atoms with Gasteiger partial charge in [-0.3, -0.25) is 4.79 Å². The average molecular weight is 420 g/mol. The molecule has 0 aliphatic carbocycles. The summed E-state index contributed by atoms with van der Waals surface area (Å²) in [5.41, 5.74) is 4.17. The van der Waals surface area contributed by atoms with Gasteiger partial charge in [0, 0.05) is 17.3 Å². The molecule has 0 fully saturated rings. The summed E-state index contributed by atoms with van der Waals surface area (Å²) in [4.78, 5) is 29.6. The molecule has 4 rings (SSSR count). The topological polar surface area (TPSA) is 88.4 Å². The molecule has 2 aromatic carbocycles. The number of rotatable bonds is 5. The molecular weight excluding hydrogens is 398 g/mol. The van der Waals surface area contributed by atoms with Crippen molar-refractivity contribution in [3.63, 3.8) is 0 Å². The monoisotopic (exact) mass is 419 g/mol. The SMILES string of the molecule is CCc1ccc(NC(=O)NCc2cc(=O)n3nc(-c4ccccc4C)sc3n2)cc1.